The molecule has 0 saturated carbocycles. The average molecular weight is 300 g/mol. The number of piperidine rings is 1. The molecule has 0 aliphatic carbocycles. The van der Waals surface area contributed by atoms with E-state index >= 15 is 0 Å². The van der Waals surface area contributed by atoms with E-state index in [2.05, 4.69) is 6.92 Å². The van der Waals surface area contributed by atoms with Gasteiger partial charge in [0.2, 0.25) is 0 Å². The Morgan fingerprint density at radius 3 is 2.62 bits per heavy atom. The lowest BCUT2D eigenvalue weighted by Crippen LogP contribution is -2.55. The largest absolute Gasteiger partial charge is 0.480 e. The summed E-state index contributed by atoms with van der Waals surface area (Å²) in [6, 6.07) is 0.231. The van der Waals surface area contributed by atoms with Crippen LogP contribution in [-0.4, -0.2) is 78.5 Å². The highest BCUT2D eigenvalue weighted by Crippen LogP contribution is 2.18. The third kappa shape index (κ3) is 4.31. The molecule has 0 bridgehead atoms. The zero-order valence-electron chi connectivity index (χ0n) is 12.5. The summed E-state index contributed by atoms with van der Waals surface area (Å²) in [6.07, 6.45) is 2.22. The van der Waals surface area contributed by atoms with Crippen LogP contribution >= 0.6 is 0 Å². The molecule has 0 aromatic heterocycles. The monoisotopic (exact) mass is 300 g/mol. The number of nitrogens with zero attached hydrogens (tertiary/aromatic N) is 2. The quantitative estimate of drug-likeness (QED) is 0.830. The topological polar surface area (TPSA) is 79.3 Å². The first-order chi connectivity index (χ1) is 10.1. The molecule has 2 heterocycles. The summed E-state index contributed by atoms with van der Waals surface area (Å²) < 4.78 is 10.7. The van der Waals surface area contributed by atoms with Crippen LogP contribution in [-0.2, 0) is 14.3 Å². The van der Waals surface area contributed by atoms with Crippen molar-refractivity contribution in [2.24, 2.45) is 0 Å². The molecule has 7 heteroatoms. The fraction of sp³-hybridized carbons (Fsp3) is 0.857. The number of carboxylic acids is 1. The van der Waals surface area contributed by atoms with E-state index in [-0.39, 0.29) is 24.8 Å². The lowest BCUT2D eigenvalue weighted by atomic mass is 10.1. The highest BCUT2D eigenvalue weighted by atomic mass is 16.5. The molecule has 0 aromatic rings. The van der Waals surface area contributed by atoms with Crippen molar-refractivity contribution in [1.29, 1.82) is 0 Å². The highest BCUT2D eigenvalue weighted by Gasteiger charge is 2.31. The first-order valence-corrected chi connectivity index (χ1v) is 7.58. The molecule has 2 amide bonds. The predicted molar refractivity (Wildman–Crippen MR) is 75.2 cm³/mol. The number of likely N-dealkylation sites (tertiary alicyclic amines) is 1. The molecule has 2 aliphatic rings. The Kier molecular flexibility index (Phi) is 5.81. The number of urea groups is 1. The number of carbonyl (C=O) groups excluding carboxylic acids is 1. The number of ether oxygens (including phenoxy) is 2. The second kappa shape index (κ2) is 7.61. The summed E-state index contributed by atoms with van der Waals surface area (Å²) in [5.74, 6) is -0.951. The molecule has 2 aliphatic heterocycles. The van der Waals surface area contributed by atoms with Crippen LogP contribution in [0.1, 0.15) is 26.2 Å². The van der Waals surface area contributed by atoms with Crippen LogP contribution in [0.2, 0.25) is 0 Å². The molecule has 21 heavy (non-hydrogen) atoms. The van der Waals surface area contributed by atoms with Crippen molar-refractivity contribution in [1.82, 2.24) is 9.80 Å². The Bertz CT molecular complexity index is 368. The number of hydrogen-bond donors (Lipinski definition) is 1. The molecule has 7 nitrogen and oxygen atoms in total. The fourth-order valence-electron chi connectivity index (χ4n) is 2.83. The number of carboxylic acid groups (broad SMARTS) is 1. The Morgan fingerprint density at radius 1 is 1.29 bits per heavy atom. The van der Waals surface area contributed by atoms with E-state index in [4.69, 9.17) is 14.6 Å². The molecule has 1 atom stereocenters. The molecule has 1 N–H and O–H groups in total. The molecule has 2 rings (SSSR count). The van der Waals surface area contributed by atoms with E-state index in [1.165, 1.54) is 0 Å². The first kappa shape index (κ1) is 16.0. The van der Waals surface area contributed by atoms with Crippen LogP contribution in [0.15, 0.2) is 0 Å². The van der Waals surface area contributed by atoms with Gasteiger partial charge in [-0.25, -0.2) is 9.59 Å². The maximum absolute atomic E-state index is 12.6. The Labute approximate surface area is 124 Å². The van der Waals surface area contributed by atoms with Gasteiger partial charge >= 0.3 is 12.0 Å². The molecule has 120 valence electrons. The molecular formula is C14H24N2O5. The van der Waals surface area contributed by atoms with E-state index in [0.29, 0.717) is 45.7 Å². The van der Waals surface area contributed by atoms with Crippen molar-refractivity contribution in [2.75, 3.05) is 39.5 Å². The van der Waals surface area contributed by atoms with Crippen LogP contribution in [0, 0.1) is 0 Å². The third-order valence-electron chi connectivity index (χ3n) is 4.10. The van der Waals surface area contributed by atoms with Gasteiger partial charge in [-0.05, 0) is 19.3 Å². The van der Waals surface area contributed by atoms with Crippen LogP contribution < -0.4 is 0 Å². The number of aliphatic carboxylic acids is 1. The standard InChI is InChI=1S/C14H24N2O5/c1-2-11-9-20-8-7-16(11)14(19)15-5-3-12(4-6-15)21-10-13(17)18/h11-12H,2-10H2,1H3,(H,17,18). The average Bonchev–Trinajstić information content (AvgIpc) is 2.52. The van der Waals surface area contributed by atoms with Gasteiger partial charge in [-0.2, -0.15) is 0 Å². The van der Waals surface area contributed by atoms with Gasteiger partial charge in [-0.3, -0.25) is 0 Å². The van der Waals surface area contributed by atoms with Crippen LogP contribution in [0.5, 0.6) is 0 Å². The number of amides is 2. The van der Waals surface area contributed by atoms with E-state index < -0.39 is 5.97 Å². The van der Waals surface area contributed by atoms with Crippen LogP contribution in [0.4, 0.5) is 4.79 Å². The zero-order valence-corrected chi connectivity index (χ0v) is 12.5. The molecule has 0 spiro atoms. The van der Waals surface area contributed by atoms with Crippen molar-refractivity contribution in [3.63, 3.8) is 0 Å². The van der Waals surface area contributed by atoms with Crippen LogP contribution in [0.25, 0.3) is 0 Å². The summed E-state index contributed by atoms with van der Waals surface area (Å²) in [5.41, 5.74) is 0. The first-order valence-electron chi connectivity index (χ1n) is 7.58. The SMILES string of the molecule is CCC1COCCN1C(=O)N1CCC(OCC(=O)O)CC1. The Balaban J connectivity index is 1.80. The van der Waals surface area contributed by atoms with Gasteiger partial charge in [0.15, 0.2) is 0 Å². The van der Waals surface area contributed by atoms with Crippen molar-refractivity contribution < 1.29 is 24.2 Å². The number of hydrogen-bond acceptors (Lipinski definition) is 4. The summed E-state index contributed by atoms with van der Waals surface area (Å²) in [7, 11) is 0. The van der Waals surface area contributed by atoms with E-state index in [1.54, 1.807) is 0 Å². The predicted octanol–water partition coefficient (Wildman–Crippen LogP) is 0.783. The lowest BCUT2D eigenvalue weighted by molar-refractivity contribution is -0.145. The van der Waals surface area contributed by atoms with Crippen molar-refractivity contribution in [3.8, 4) is 0 Å². The summed E-state index contributed by atoms with van der Waals surface area (Å²) >= 11 is 0. The molecule has 2 saturated heterocycles. The normalized spacial score (nSPS) is 24.1. The summed E-state index contributed by atoms with van der Waals surface area (Å²) in [4.78, 5) is 26.8. The second-order valence-corrected chi connectivity index (χ2v) is 5.50. The van der Waals surface area contributed by atoms with Gasteiger partial charge in [0.05, 0.1) is 25.4 Å². The summed E-state index contributed by atoms with van der Waals surface area (Å²) in [5, 5.41) is 8.60. The van der Waals surface area contributed by atoms with Crippen molar-refractivity contribution in [2.45, 2.75) is 38.3 Å². The maximum atomic E-state index is 12.6. The van der Waals surface area contributed by atoms with Gasteiger partial charge in [0, 0.05) is 19.6 Å². The number of rotatable bonds is 4. The minimum absolute atomic E-state index is 0.0585. The fourth-order valence-corrected chi connectivity index (χ4v) is 2.83. The molecule has 0 aromatic carbocycles. The van der Waals surface area contributed by atoms with Crippen molar-refractivity contribution >= 4 is 12.0 Å². The third-order valence-corrected chi connectivity index (χ3v) is 4.10. The smallest absolute Gasteiger partial charge is 0.329 e. The summed E-state index contributed by atoms with van der Waals surface area (Å²) in [6.45, 7) is 4.90. The van der Waals surface area contributed by atoms with Gasteiger partial charge in [-0.1, -0.05) is 6.92 Å². The second-order valence-electron chi connectivity index (χ2n) is 5.50. The molecule has 1 unspecified atom stereocenters. The van der Waals surface area contributed by atoms with Gasteiger partial charge in [-0.15, -0.1) is 0 Å². The zero-order chi connectivity index (χ0) is 15.2. The van der Waals surface area contributed by atoms with E-state index in [0.717, 1.165) is 6.42 Å². The minimum Gasteiger partial charge on any atom is -0.480 e. The molecule has 0 radical (unpaired) electrons. The van der Waals surface area contributed by atoms with Gasteiger partial charge < -0.3 is 24.4 Å². The highest BCUT2D eigenvalue weighted by molar-refractivity contribution is 5.75. The van der Waals surface area contributed by atoms with E-state index in [9.17, 15) is 9.59 Å². The van der Waals surface area contributed by atoms with Gasteiger partial charge in [0.1, 0.15) is 6.61 Å². The van der Waals surface area contributed by atoms with Crippen LogP contribution in [0.3, 0.4) is 0 Å². The Morgan fingerprint density at radius 2 is 2.00 bits per heavy atom. The Hall–Kier alpha value is -1.34. The van der Waals surface area contributed by atoms with Crippen molar-refractivity contribution in [3.05, 3.63) is 0 Å². The minimum atomic E-state index is -0.951. The maximum Gasteiger partial charge on any atom is 0.329 e. The molecular weight excluding hydrogens is 276 g/mol. The van der Waals surface area contributed by atoms with Gasteiger partial charge in [0.25, 0.3) is 0 Å². The lowest BCUT2D eigenvalue weighted by Gasteiger charge is -2.40. The molecule has 2 fully saturated rings. The number of morpholine rings is 1. The number of carbonyl (C=O) groups is 2. The van der Waals surface area contributed by atoms with E-state index in [1.807, 2.05) is 9.80 Å².